The lowest BCUT2D eigenvalue weighted by Crippen LogP contribution is -2.05. The number of anilines is 1. The largest absolute Gasteiger partial charge is 0.374 e. The van der Waals surface area contributed by atoms with Crippen LogP contribution in [0.15, 0.2) is 4.52 Å². The van der Waals surface area contributed by atoms with Crippen LogP contribution in [0, 0.1) is 25.2 Å². The van der Waals surface area contributed by atoms with Gasteiger partial charge in [-0.3, -0.25) is 0 Å². The normalized spacial score (nSPS) is 10.2. The minimum atomic E-state index is 0.592. The predicted octanol–water partition coefficient (Wildman–Crippen LogP) is 1.67. The van der Waals surface area contributed by atoms with Gasteiger partial charge in [-0.2, -0.15) is 14.6 Å². The maximum atomic E-state index is 8.94. The lowest BCUT2D eigenvalue weighted by Gasteiger charge is -2.00. The van der Waals surface area contributed by atoms with Gasteiger partial charge in [-0.25, -0.2) is 0 Å². The van der Waals surface area contributed by atoms with Gasteiger partial charge in [0, 0.05) is 13.0 Å². The second-order valence-corrected chi connectivity index (χ2v) is 4.27. The van der Waals surface area contributed by atoms with E-state index < -0.39 is 0 Å². The molecular formula is C10H11N5OS. The molecule has 2 aromatic heterocycles. The zero-order chi connectivity index (χ0) is 12.3. The van der Waals surface area contributed by atoms with E-state index in [1.165, 1.54) is 11.5 Å². The lowest BCUT2D eigenvalue weighted by atomic mass is 10.3. The Kier molecular flexibility index (Phi) is 3.35. The first kappa shape index (κ1) is 11.5. The number of aryl methyl sites for hydroxylation is 2. The molecule has 0 atom stereocenters. The standard InChI is InChI=1S/C10H11N5OS/c1-6-8(5-11)10(17-15-6)12-4-3-9-13-7(2)14-16-9/h12H,3-4H2,1-2H3. The van der Waals surface area contributed by atoms with Gasteiger partial charge in [-0.1, -0.05) is 5.16 Å². The van der Waals surface area contributed by atoms with Crippen LogP contribution in [-0.2, 0) is 6.42 Å². The third-order valence-electron chi connectivity index (χ3n) is 2.17. The highest BCUT2D eigenvalue weighted by Crippen LogP contribution is 2.22. The van der Waals surface area contributed by atoms with E-state index in [0.717, 1.165) is 10.7 Å². The fourth-order valence-electron chi connectivity index (χ4n) is 1.35. The van der Waals surface area contributed by atoms with E-state index in [2.05, 4.69) is 25.9 Å². The van der Waals surface area contributed by atoms with Crippen molar-refractivity contribution in [2.24, 2.45) is 0 Å². The molecule has 0 saturated heterocycles. The second-order valence-electron chi connectivity index (χ2n) is 3.50. The van der Waals surface area contributed by atoms with Crippen LogP contribution in [0.4, 0.5) is 5.00 Å². The van der Waals surface area contributed by atoms with Crippen LogP contribution in [0.1, 0.15) is 23.0 Å². The smallest absolute Gasteiger partial charge is 0.228 e. The summed E-state index contributed by atoms with van der Waals surface area (Å²) in [6.45, 7) is 4.24. The molecule has 7 heteroatoms. The fourth-order valence-corrected chi connectivity index (χ4v) is 2.12. The molecule has 0 spiro atoms. The number of rotatable bonds is 4. The van der Waals surface area contributed by atoms with Crippen LogP contribution < -0.4 is 5.32 Å². The van der Waals surface area contributed by atoms with Crippen molar-refractivity contribution in [3.8, 4) is 6.07 Å². The molecule has 88 valence electrons. The fraction of sp³-hybridized carbons (Fsp3) is 0.400. The van der Waals surface area contributed by atoms with Crippen LogP contribution in [0.5, 0.6) is 0 Å². The van der Waals surface area contributed by atoms with Gasteiger partial charge in [-0.15, -0.1) is 0 Å². The molecule has 0 fully saturated rings. The first-order valence-electron chi connectivity index (χ1n) is 5.10. The third kappa shape index (κ3) is 2.60. The van der Waals surface area contributed by atoms with Gasteiger partial charge >= 0.3 is 0 Å². The van der Waals surface area contributed by atoms with E-state index in [-0.39, 0.29) is 0 Å². The third-order valence-corrected chi connectivity index (χ3v) is 3.06. The average molecular weight is 249 g/mol. The number of hydrogen-bond donors (Lipinski definition) is 1. The van der Waals surface area contributed by atoms with E-state index in [0.29, 0.717) is 30.2 Å². The molecule has 0 aromatic carbocycles. The molecule has 0 saturated carbocycles. The highest BCUT2D eigenvalue weighted by atomic mass is 32.1. The molecule has 17 heavy (non-hydrogen) atoms. The average Bonchev–Trinajstić information content (AvgIpc) is 2.86. The summed E-state index contributed by atoms with van der Waals surface area (Å²) >= 11 is 1.29. The van der Waals surface area contributed by atoms with E-state index in [4.69, 9.17) is 9.78 Å². The molecule has 1 N–H and O–H groups in total. The molecule has 0 aliphatic heterocycles. The van der Waals surface area contributed by atoms with Gasteiger partial charge in [0.25, 0.3) is 0 Å². The zero-order valence-corrected chi connectivity index (χ0v) is 10.3. The Bertz CT molecular complexity index is 553. The molecular weight excluding hydrogens is 238 g/mol. The minimum Gasteiger partial charge on any atom is -0.374 e. The number of nitrogens with zero attached hydrogens (tertiary/aromatic N) is 4. The first-order valence-corrected chi connectivity index (χ1v) is 5.87. The topological polar surface area (TPSA) is 87.6 Å². The van der Waals surface area contributed by atoms with Crippen LogP contribution >= 0.6 is 11.5 Å². The molecule has 0 bridgehead atoms. The van der Waals surface area contributed by atoms with Crippen LogP contribution in [0.3, 0.4) is 0 Å². The van der Waals surface area contributed by atoms with Crippen molar-refractivity contribution in [3.05, 3.63) is 23.0 Å². The Hall–Kier alpha value is -1.94. The van der Waals surface area contributed by atoms with Gasteiger partial charge in [0.15, 0.2) is 5.82 Å². The quantitative estimate of drug-likeness (QED) is 0.886. The Labute approximate surface area is 102 Å². The van der Waals surface area contributed by atoms with Crippen molar-refractivity contribution in [3.63, 3.8) is 0 Å². The molecule has 0 aliphatic carbocycles. The van der Waals surface area contributed by atoms with Crippen molar-refractivity contribution in [1.82, 2.24) is 14.5 Å². The highest BCUT2D eigenvalue weighted by molar-refractivity contribution is 7.10. The summed E-state index contributed by atoms with van der Waals surface area (Å²) in [7, 11) is 0. The molecule has 2 aromatic rings. The van der Waals surface area contributed by atoms with Gasteiger partial charge in [0.2, 0.25) is 5.89 Å². The molecule has 2 rings (SSSR count). The summed E-state index contributed by atoms with van der Waals surface area (Å²) in [4.78, 5) is 4.09. The molecule has 0 aliphatic rings. The molecule has 2 heterocycles. The Morgan fingerprint density at radius 3 is 2.94 bits per heavy atom. The summed E-state index contributed by atoms with van der Waals surface area (Å²) in [6.07, 6.45) is 0.628. The highest BCUT2D eigenvalue weighted by Gasteiger charge is 2.09. The predicted molar refractivity (Wildman–Crippen MR) is 62.8 cm³/mol. The van der Waals surface area contributed by atoms with E-state index >= 15 is 0 Å². The van der Waals surface area contributed by atoms with Crippen LogP contribution in [-0.4, -0.2) is 21.1 Å². The number of nitrogens with one attached hydrogen (secondary N) is 1. The van der Waals surface area contributed by atoms with Crippen LogP contribution in [0.25, 0.3) is 0 Å². The van der Waals surface area contributed by atoms with Crippen molar-refractivity contribution >= 4 is 16.5 Å². The van der Waals surface area contributed by atoms with E-state index in [1.807, 2.05) is 6.92 Å². The van der Waals surface area contributed by atoms with Crippen LogP contribution in [0.2, 0.25) is 0 Å². The maximum Gasteiger partial charge on any atom is 0.228 e. The first-order chi connectivity index (χ1) is 8.20. The second kappa shape index (κ2) is 4.93. The van der Waals surface area contributed by atoms with Gasteiger partial charge < -0.3 is 9.84 Å². The van der Waals surface area contributed by atoms with Crippen molar-refractivity contribution in [1.29, 1.82) is 5.26 Å². The van der Waals surface area contributed by atoms with Crippen molar-refractivity contribution < 1.29 is 4.52 Å². The van der Waals surface area contributed by atoms with Crippen molar-refractivity contribution in [2.75, 3.05) is 11.9 Å². The summed E-state index contributed by atoms with van der Waals surface area (Å²) in [5, 5.41) is 16.6. The summed E-state index contributed by atoms with van der Waals surface area (Å²) in [5.41, 5.74) is 1.37. The summed E-state index contributed by atoms with van der Waals surface area (Å²) < 4.78 is 9.11. The Morgan fingerprint density at radius 1 is 1.47 bits per heavy atom. The molecule has 6 nitrogen and oxygen atoms in total. The zero-order valence-electron chi connectivity index (χ0n) is 9.52. The monoisotopic (exact) mass is 249 g/mol. The van der Waals surface area contributed by atoms with Gasteiger partial charge in [0.05, 0.1) is 5.69 Å². The van der Waals surface area contributed by atoms with Gasteiger partial charge in [-0.05, 0) is 25.4 Å². The minimum absolute atomic E-state index is 0.592. The van der Waals surface area contributed by atoms with Crippen molar-refractivity contribution in [2.45, 2.75) is 20.3 Å². The number of hydrogen-bond acceptors (Lipinski definition) is 7. The summed E-state index contributed by atoms with van der Waals surface area (Å²) in [5.74, 6) is 1.22. The van der Waals surface area contributed by atoms with E-state index in [9.17, 15) is 0 Å². The molecule has 0 radical (unpaired) electrons. The van der Waals surface area contributed by atoms with Gasteiger partial charge in [0.1, 0.15) is 16.6 Å². The molecule has 0 amide bonds. The Morgan fingerprint density at radius 2 is 2.29 bits per heavy atom. The number of nitriles is 1. The summed E-state index contributed by atoms with van der Waals surface area (Å²) in [6, 6.07) is 2.13. The SMILES string of the molecule is Cc1noc(CCNc2snc(C)c2C#N)n1. The Balaban J connectivity index is 1.92. The van der Waals surface area contributed by atoms with E-state index in [1.54, 1.807) is 6.92 Å². The molecule has 0 unspecified atom stereocenters. The maximum absolute atomic E-state index is 8.94. The number of aromatic nitrogens is 3. The lowest BCUT2D eigenvalue weighted by molar-refractivity contribution is 0.377.